The van der Waals surface area contributed by atoms with Gasteiger partial charge in [0.05, 0.1) is 32.6 Å². The summed E-state index contributed by atoms with van der Waals surface area (Å²) in [6.07, 6.45) is 0.357. The number of nitrogens with one attached hydrogen (secondary N) is 1. The number of carbonyl (C=O) groups is 2. The largest absolute Gasteiger partial charge is 0.465 e. The minimum Gasteiger partial charge on any atom is -0.465 e. The third-order valence-corrected chi connectivity index (χ3v) is 6.59. The smallest absolute Gasteiger partial charge is 0.404 e. The standard InChI is InChI=1S/C23H24FN5O5S/c24-11-16(12-25-22(31)32)13-29-23(33)28(15-26-29)14-19-5-6-20(35-19)17-1-3-18(4-2-17)21(30)27-7-9-34-10-8-27/h1-6,11,15,25H,7-10,12-14H2,(H,31,32)/b16-11-. The third-order valence-electron chi connectivity index (χ3n) is 5.47. The van der Waals surface area contributed by atoms with Gasteiger partial charge in [-0.05, 0) is 35.4 Å². The number of thiophene rings is 1. The fourth-order valence-electron chi connectivity index (χ4n) is 3.61. The summed E-state index contributed by atoms with van der Waals surface area (Å²) >= 11 is 1.52. The lowest BCUT2D eigenvalue weighted by atomic mass is 10.1. The zero-order valence-corrected chi connectivity index (χ0v) is 19.5. The van der Waals surface area contributed by atoms with Gasteiger partial charge in [0, 0.05) is 35.0 Å². The molecule has 184 valence electrons. The molecule has 4 rings (SSSR count). The number of carboxylic acid groups (broad SMARTS) is 1. The molecule has 2 aromatic heterocycles. The van der Waals surface area contributed by atoms with E-state index in [4.69, 9.17) is 9.84 Å². The van der Waals surface area contributed by atoms with Crippen LogP contribution in [0.25, 0.3) is 10.4 Å². The predicted molar refractivity (Wildman–Crippen MR) is 127 cm³/mol. The van der Waals surface area contributed by atoms with Gasteiger partial charge in [-0.2, -0.15) is 5.10 Å². The Balaban J connectivity index is 1.40. The lowest BCUT2D eigenvalue weighted by Crippen LogP contribution is -2.40. The lowest BCUT2D eigenvalue weighted by Gasteiger charge is -2.26. The highest BCUT2D eigenvalue weighted by atomic mass is 32.1. The zero-order valence-electron chi connectivity index (χ0n) is 18.7. The maximum Gasteiger partial charge on any atom is 0.404 e. The molecule has 0 bridgehead atoms. The summed E-state index contributed by atoms with van der Waals surface area (Å²) in [6.45, 7) is 2.19. The normalized spacial score (nSPS) is 14.2. The summed E-state index contributed by atoms with van der Waals surface area (Å²) in [6, 6.07) is 11.3. The van der Waals surface area contributed by atoms with Crippen molar-refractivity contribution in [1.82, 2.24) is 24.6 Å². The molecule has 12 heteroatoms. The van der Waals surface area contributed by atoms with Gasteiger partial charge in [0.25, 0.3) is 5.91 Å². The van der Waals surface area contributed by atoms with Gasteiger partial charge in [0.15, 0.2) is 0 Å². The summed E-state index contributed by atoms with van der Waals surface area (Å²) < 4.78 is 20.8. The van der Waals surface area contributed by atoms with E-state index in [-0.39, 0.29) is 30.9 Å². The second kappa shape index (κ2) is 11.1. The first-order valence-corrected chi connectivity index (χ1v) is 11.7. The highest BCUT2D eigenvalue weighted by molar-refractivity contribution is 7.15. The van der Waals surface area contributed by atoms with Gasteiger partial charge in [0.2, 0.25) is 0 Å². The van der Waals surface area contributed by atoms with Gasteiger partial charge in [-0.15, -0.1) is 11.3 Å². The first-order chi connectivity index (χ1) is 16.9. The Morgan fingerprint density at radius 1 is 1.17 bits per heavy atom. The lowest BCUT2D eigenvalue weighted by molar-refractivity contribution is 0.0303. The number of morpholine rings is 1. The van der Waals surface area contributed by atoms with Crippen molar-refractivity contribution in [3.8, 4) is 10.4 Å². The van der Waals surface area contributed by atoms with Crippen LogP contribution in [0.4, 0.5) is 9.18 Å². The molecule has 0 spiro atoms. The van der Waals surface area contributed by atoms with Gasteiger partial charge < -0.3 is 20.1 Å². The topological polar surface area (TPSA) is 119 Å². The van der Waals surface area contributed by atoms with E-state index < -0.39 is 11.8 Å². The second-order valence-electron chi connectivity index (χ2n) is 7.87. The monoisotopic (exact) mass is 501 g/mol. The SMILES string of the molecule is O=C(O)NC/C(=C/F)Cn1ncn(Cc2ccc(-c3ccc(C(=O)N4CCOCC4)cc3)s2)c1=O. The molecule has 0 aliphatic carbocycles. The molecule has 2 amide bonds. The summed E-state index contributed by atoms with van der Waals surface area (Å²) in [5, 5.41) is 14.7. The summed E-state index contributed by atoms with van der Waals surface area (Å²) in [5.74, 6) is -0.00684. The molecule has 1 aromatic carbocycles. The summed E-state index contributed by atoms with van der Waals surface area (Å²) in [5.41, 5.74) is 1.24. The van der Waals surface area contributed by atoms with Gasteiger partial charge in [0.1, 0.15) is 6.33 Å². The highest BCUT2D eigenvalue weighted by Gasteiger charge is 2.18. The van der Waals surface area contributed by atoms with Crippen molar-refractivity contribution in [3.63, 3.8) is 0 Å². The molecular weight excluding hydrogens is 477 g/mol. The Kier molecular flexibility index (Phi) is 7.73. The Bertz CT molecular complexity index is 1270. The molecule has 2 N–H and O–H groups in total. The molecule has 0 radical (unpaired) electrons. The molecule has 3 aromatic rings. The van der Waals surface area contributed by atoms with E-state index in [9.17, 15) is 18.8 Å². The Morgan fingerprint density at radius 2 is 1.91 bits per heavy atom. The average molecular weight is 502 g/mol. The van der Waals surface area contributed by atoms with Crippen LogP contribution in [0.3, 0.4) is 0 Å². The molecular formula is C23H24FN5O5S. The number of amides is 2. The van der Waals surface area contributed by atoms with Crippen molar-refractivity contribution in [1.29, 1.82) is 0 Å². The van der Waals surface area contributed by atoms with Crippen molar-refractivity contribution < 1.29 is 23.8 Å². The first kappa shape index (κ1) is 24.4. The average Bonchev–Trinajstić information content (AvgIpc) is 3.49. The van der Waals surface area contributed by atoms with Crippen LogP contribution in [-0.2, 0) is 17.8 Å². The fourth-order valence-corrected chi connectivity index (χ4v) is 4.62. The number of carbonyl (C=O) groups excluding carboxylic acids is 1. The molecule has 35 heavy (non-hydrogen) atoms. The number of nitrogens with zero attached hydrogens (tertiary/aromatic N) is 4. The van der Waals surface area contributed by atoms with Crippen LogP contribution in [0.2, 0.25) is 0 Å². The summed E-state index contributed by atoms with van der Waals surface area (Å²) in [7, 11) is 0. The van der Waals surface area contributed by atoms with E-state index in [1.54, 1.807) is 4.90 Å². The Morgan fingerprint density at radius 3 is 2.60 bits per heavy atom. The molecule has 1 fully saturated rings. The number of hydrogen-bond acceptors (Lipinski definition) is 6. The zero-order chi connectivity index (χ0) is 24.8. The maximum atomic E-state index is 13.0. The van der Waals surface area contributed by atoms with Crippen LogP contribution in [0.5, 0.6) is 0 Å². The van der Waals surface area contributed by atoms with Gasteiger partial charge in [-0.25, -0.2) is 18.7 Å². The number of halogens is 1. The Labute approximate surface area is 203 Å². The minimum absolute atomic E-state index is 0.00684. The van der Waals surface area contributed by atoms with Crippen molar-refractivity contribution in [2.75, 3.05) is 32.8 Å². The van der Waals surface area contributed by atoms with E-state index in [0.717, 1.165) is 20.0 Å². The van der Waals surface area contributed by atoms with Gasteiger partial charge >= 0.3 is 11.8 Å². The quantitative estimate of drug-likeness (QED) is 0.489. The number of benzene rings is 1. The number of ether oxygens (including phenoxy) is 1. The van der Waals surface area contributed by atoms with Crippen molar-refractivity contribution in [2.45, 2.75) is 13.1 Å². The van der Waals surface area contributed by atoms with E-state index in [1.807, 2.05) is 36.4 Å². The molecule has 1 aliphatic rings. The fraction of sp³-hybridized carbons (Fsp3) is 0.304. The molecule has 3 heterocycles. The van der Waals surface area contributed by atoms with Crippen molar-refractivity contribution >= 4 is 23.3 Å². The van der Waals surface area contributed by atoms with Crippen molar-refractivity contribution in [3.05, 3.63) is 75.6 Å². The number of aromatic nitrogens is 3. The molecule has 0 atom stereocenters. The van der Waals surface area contributed by atoms with E-state index in [0.29, 0.717) is 38.4 Å². The molecule has 0 saturated carbocycles. The highest BCUT2D eigenvalue weighted by Crippen LogP contribution is 2.29. The van der Waals surface area contributed by atoms with Crippen LogP contribution in [0.1, 0.15) is 15.2 Å². The molecule has 0 unspecified atom stereocenters. The van der Waals surface area contributed by atoms with E-state index in [2.05, 4.69) is 10.4 Å². The van der Waals surface area contributed by atoms with Crippen molar-refractivity contribution in [2.24, 2.45) is 0 Å². The molecule has 1 aliphatic heterocycles. The Hall–Kier alpha value is -3.77. The number of hydrogen-bond donors (Lipinski definition) is 2. The van der Waals surface area contributed by atoms with Crippen LogP contribution < -0.4 is 11.0 Å². The maximum absolute atomic E-state index is 13.0. The first-order valence-electron chi connectivity index (χ1n) is 10.9. The minimum atomic E-state index is -1.28. The van der Waals surface area contributed by atoms with Crippen LogP contribution >= 0.6 is 11.3 Å². The van der Waals surface area contributed by atoms with Crippen LogP contribution in [0, 0.1) is 0 Å². The summed E-state index contributed by atoms with van der Waals surface area (Å²) in [4.78, 5) is 39.5. The predicted octanol–water partition coefficient (Wildman–Crippen LogP) is 2.42. The van der Waals surface area contributed by atoms with E-state index >= 15 is 0 Å². The molecule has 1 saturated heterocycles. The number of rotatable bonds is 8. The van der Waals surface area contributed by atoms with Crippen LogP contribution in [-0.4, -0.2) is 69.2 Å². The third kappa shape index (κ3) is 6.03. The van der Waals surface area contributed by atoms with E-state index in [1.165, 1.54) is 22.2 Å². The van der Waals surface area contributed by atoms with Gasteiger partial charge in [-0.3, -0.25) is 9.36 Å². The van der Waals surface area contributed by atoms with Gasteiger partial charge in [-0.1, -0.05) is 12.1 Å². The second-order valence-corrected chi connectivity index (χ2v) is 9.04. The molecule has 10 nitrogen and oxygen atoms in total. The van der Waals surface area contributed by atoms with Crippen LogP contribution in [0.15, 0.2) is 59.4 Å².